The molecule has 0 spiro atoms. The molecule has 8 aliphatic rings. The molecule has 640 valence electrons. The molecule has 0 aliphatic carbocycles. The van der Waals surface area contributed by atoms with Crippen LogP contribution in [0.15, 0.2) is 170 Å². The van der Waals surface area contributed by atoms with E-state index in [9.17, 15) is 0 Å². The minimum atomic E-state index is -0.468. The van der Waals surface area contributed by atoms with Gasteiger partial charge in [-0.25, -0.2) is 0 Å². The van der Waals surface area contributed by atoms with Gasteiger partial charge in [-0.1, -0.05) is 215 Å². The van der Waals surface area contributed by atoms with Crippen LogP contribution in [0.25, 0.3) is 0 Å². The first-order valence-corrected chi connectivity index (χ1v) is 42.7. The van der Waals surface area contributed by atoms with Crippen molar-refractivity contribution < 1.29 is 75.8 Å². The second-order valence-electron chi connectivity index (χ2n) is 41.0. The molecule has 0 amide bonds. The summed E-state index contributed by atoms with van der Waals surface area (Å²) >= 11 is 0. The zero-order valence-corrected chi connectivity index (χ0v) is 73.1. The van der Waals surface area contributed by atoms with Gasteiger partial charge in [0.15, 0.2) is 0 Å². The Bertz CT molecular complexity index is 4480. The maximum atomic E-state index is 7.44. The van der Waals surface area contributed by atoms with E-state index in [0.29, 0.717) is 119 Å². The third-order valence-electron chi connectivity index (χ3n) is 26.0. The van der Waals surface area contributed by atoms with Crippen LogP contribution in [0.5, 0.6) is 46.0 Å². The number of hydrogen-bond donors (Lipinski definition) is 0. The van der Waals surface area contributed by atoms with Gasteiger partial charge < -0.3 is 75.8 Å². The van der Waals surface area contributed by atoms with Gasteiger partial charge in [0.25, 0.3) is 0 Å². The molecule has 16 heteroatoms. The van der Waals surface area contributed by atoms with Gasteiger partial charge in [0.2, 0.25) is 0 Å². The highest BCUT2D eigenvalue weighted by atomic mass is 16.6. The van der Waals surface area contributed by atoms with Crippen molar-refractivity contribution in [2.45, 2.75) is 153 Å². The Balaban J connectivity index is 0.000000325. The van der Waals surface area contributed by atoms with Gasteiger partial charge in [-0.05, 0) is 140 Å². The van der Waals surface area contributed by atoms with E-state index in [1.54, 1.807) is 0 Å². The highest BCUT2D eigenvalue weighted by Gasteiger charge is 2.42. The molecule has 8 fully saturated rings. The summed E-state index contributed by atoms with van der Waals surface area (Å²) in [6.45, 7) is 52.4. The lowest BCUT2D eigenvalue weighted by atomic mass is 9.75. The molecule has 0 unspecified atom stereocenters. The van der Waals surface area contributed by atoms with Crippen molar-refractivity contribution in [3.05, 3.63) is 237 Å². The van der Waals surface area contributed by atoms with Crippen molar-refractivity contribution in [2.24, 2.45) is 43.3 Å². The molecule has 8 heterocycles. The minimum Gasteiger partial charge on any atom is -0.493 e. The Hall–Kier alpha value is -8.16. The van der Waals surface area contributed by atoms with Crippen LogP contribution in [-0.4, -0.2) is 159 Å². The molecule has 0 N–H and O–H groups in total. The summed E-state index contributed by atoms with van der Waals surface area (Å²) in [5.74, 6) is 6.97. The summed E-state index contributed by atoms with van der Waals surface area (Å²) in [5, 5.41) is 0. The normalized spacial score (nSPS) is 19.8. The van der Waals surface area contributed by atoms with E-state index in [1.807, 2.05) is 0 Å². The lowest BCUT2D eigenvalue weighted by molar-refractivity contribution is -0.120. The Morgan fingerprint density at radius 1 is 0.218 bits per heavy atom. The smallest absolute Gasteiger partial charge is 0.126 e. The molecule has 8 saturated heterocycles. The molecule has 0 bridgehead atoms. The fourth-order valence-electron chi connectivity index (χ4n) is 16.3. The van der Waals surface area contributed by atoms with Gasteiger partial charge in [0.05, 0.1) is 159 Å². The van der Waals surface area contributed by atoms with Gasteiger partial charge in [-0.2, -0.15) is 0 Å². The van der Waals surface area contributed by atoms with Crippen molar-refractivity contribution in [1.82, 2.24) is 0 Å². The first kappa shape index (κ1) is 87.2. The average Bonchev–Trinajstić information content (AvgIpc) is 0.762. The minimum absolute atomic E-state index is 0. The second kappa shape index (κ2) is 34.6. The fraction of sp³-hybridized carbons (Fsp3) is 0.534. The van der Waals surface area contributed by atoms with Crippen LogP contribution in [0.3, 0.4) is 0 Å². The summed E-state index contributed by atoms with van der Waals surface area (Å²) in [6, 6.07) is 61.3. The quantitative estimate of drug-likeness (QED) is 0.0366. The first-order chi connectivity index (χ1) is 56.1. The first-order valence-electron chi connectivity index (χ1n) is 42.7. The Labute approximate surface area is 709 Å². The standard InChI is InChI=1S/C77H96O12.C25H32O4.CH4/c1-69(2,57-13-21-63(22-14-57)84-47-72(7)35-78-36-72)60-19-27-66(87-50-75(10)41-81-42-75)53(31-60)29-55-33-62(71(5,6)59-17-25-65(26-18-59)86-49-74(9)39-80-40-74)34-56(68(55)89-52-77(12)45-83-46-77)30-54-32-61(20-28-67(54)88-51-76(11)43-82-44-76)70(3,4)58-15-23-64(24-16-58)85-48-73(8)37-79-38-73;1-23(2,19-5-9-21(10-6-19)28-17-24(3)13-26-14-24)20-7-11-22(12-8-20)29-18-25(4)15-27-16-25;/h13-28,31-34H,29-30,35-52H2,1-12H3;5-12H,13-18H2,1-4H3;1H4. The van der Waals surface area contributed by atoms with E-state index in [1.165, 1.54) is 44.5 Å². The molecule has 0 radical (unpaired) electrons. The van der Waals surface area contributed by atoms with Crippen LogP contribution in [0.2, 0.25) is 0 Å². The molecule has 0 aromatic heterocycles. The third-order valence-corrected chi connectivity index (χ3v) is 26.0. The topological polar surface area (TPSA) is 148 Å². The molecule has 16 nitrogen and oxygen atoms in total. The monoisotopic (exact) mass is 1620 g/mol. The Kier molecular flexibility index (Phi) is 25.4. The van der Waals surface area contributed by atoms with Crippen molar-refractivity contribution in [3.63, 3.8) is 0 Å². The van der Waals surface area contributed by atoms with E-state index in [0.717, 1.165) is 121 Å². The molecule has 8 aromatic rings. The molecular weight excluding hydrogens is 1490 g/mol. The number of hydrogen-bond acceptors (Lipinski definition) is 16. The highest BCUT2D eigenvalue weighted by molar-refractivity contribution is 5.57. The second-order valence-corrected chi connectivity index (χ2v) is 41.0. The molecular formula is C103H132O16. The molecule has 16 rings (SSSR count). The van der Waals surface area contributed by atoms with Crippen LogP contribution in [-0.2, 0) is 72.4 Å². The van der Waals surface area contributed by atoms with Crippen LogP contribution in [0.4, 0.5) is 0 Å². The zero-order valence-electron chi connectivity index (χ0n) is 73.1. The van der Waals surface area contributed by atoms with Gasteiger partial charge in [0, 0.05) is 77.8 Å². The largest absolute Gasteiger partial charge is 0.493 e. The van der Waals surface area contributed by atoms with E-state index in [4.69, 9.17) is 75.8 Å². The predicted octanol–water partition coefficient (Wildman–Crippen LogP) is 19.8. The summed E-state index contributed by atoms with van der Waals surface area (Å²) in [4.78, 5) is 0. The molecule has 0 saturated carbocycles. The summed E-state index contributed by atoms with van der Waals surface area (Å²) < 4.78 is 96.9. The van der Waals surface area contributed by atoms with Crippen molar-refractivity contribution in [2.75, 3.05) is 159 Å². The lowest BCUT2D eigenvalue weighted by Gasteiger charge is -2.38. The van der Waals surface area contributed by atoms with Crippen LogP contribution in [0.1, 0.15) is 185 Å². The highest BCUT2D eigenvalue weighted by Crippen LogP contribution is 2.47. The van der Waals surface area contributed by atoms with Crippen molar-refractivity contribution >= 4 is 0 Å². The summed E-state index contributed by atoms with van der Waals surface area (Å²) in [7, 11) is 0. The summed E-state index contributed by atoms with van der Waals surface area (Å²) in [6.07, 6.45) is 1.08. The lowest BCUT2D eigenvalue weighted by Crippen LogP contribution is -2.44. The summed E-state index contributed by atoms with van der Waals surface area (Å²) in [5.41, 5.74) is 12.7. The Morgan fingerprint density at radius 3 is 0.605 bits per heavy atom. The molecule has 119 heavy (non-hydrogen) atoms. The third kappa shape index (κ3) is 20.1. The maximum absolute atomic E-state index is 7.44. The number of ether oxygens (including phenoxy) is 16. The molecule has 0 atom stereocenters. The van der Waals surface area contributed by atoms with Gasteiger partial charge >= 0.3 is 0 Å². The molecule has 8 aliphatic heterocycles. The zero-order chi connectivity index (χ0) is 83.0. The Morgan fingerprint density at radius 2 is 0.395 bits per heavy atom. The maximum Gasteiger partial charge on any atom is 0.126 e. The van der Waals surface area contributed by atoms with Crippen molar-refractivity contribution in [1.29, 1.82) is 0 Å². The number of rotatable bonds is 36. The van der Waals surface area contributed by atoms with Crippen LogP contribution < -0.4 is 37.9 Å². The van der Waals surface area contributed by atoms with Gasteiger partial charge in [-0.3, -0.25) is 0 Å². The van der Waals surface area contributed by atoms with Crippen molar-refractivity contribution in [3.8, 4) is 46.0 Å². The predicted molar refractivity (Wildman–Crippen MR) is 468 cm³/mol. The van der Waals surface area contributed by atoms with E-state index < -0.39 is 5.41 Å². The fourth-order valence-corrected chi connectivity index (χ4v) is 16.3. The SMILES string of the molecule is C.CC1(COc2ccc(C(C)(C)c3ccc(OCC4(C)COC4)c(Cc4cc(C(C)(C)c5ccc(OCC6(C)COC6)cc5)cc(Cc5cc(C(C)(C)c6ccc(OCC7(C)COC7)cc6)ccc5OCC5(C)COC5)c4OCC4(C)COC4)c3)cc2)COC1.CC1(COc2ccc(C(C)(C)c3ccc(OCC4(C)COC4)cc3)cc2)COC1. The molecule has 8 aromatic carbocycles. The average molecular weight is 1630 g/mol. The van der Waals surface area contributed by atoms with E-state index in [-0.39, 0.29) is 67.0 Å². The van der Waals surface area contributed by atoms with E-state index in [2.05, 4.69) is 281 Å². The van der Waals surface area contributed by atoms with Gasteiger partial charge in [-0.15, -0.1) is 0 Å². The van der Waals surface area contributed by atoms with Gasteiger partial charge in [0.1, 0.15) is 46.0 Å². The van der Waals surface area contributed by atoms with Crippen LogP contribution >= 0.6 is 0 Å². The van der Waals surface area contributed by atoms with E-state index >= 15 is 0 Å². The van der Waals surface area contributed by atoms with Crippen LogP contribution in [0, 0.1) is 43.3 Å². The number of benzene rings is 8.